The number of amides is 2. The van der Waals surface area contributed by atoms with Crippen LogP contribution in [-0.4, -0.2) is 61.5 Å². The number of carbonyl (C=O) groups excluding carboxylic acids is 2. The van der Waals surface area contributed by atoms with Gasteiger partial charge in [-0.25, -0.2) is 0 Å². The van der Waals surface area contributed by atoms with E-state index in [1.54, 1.807) is 0 Å². The summed E-state index contributed by atoms with van der Waals surface area (Å²) in [7, 11) is 0. The van der Waals surface area contributed by atoms with Gasteiger partial charge in [-0.15, -0.1) is 12.4 Å². The molecule has 29 heavy (non-hydrogen) atoms. The van der Waals surface area contributed by atoms with Gasteiger partial charge in [0.25, 0.3) is 0 Å². The minimum Gasteiger partial charge on any atom is -0.354 e. The van der Waals surface area contributed by atoms with Crippen LogP contribution in [0.25, 0.3) is 0 Å². The van der Waals surface area contributed by atoms with Crippen LogP contribution in [0.5, 0.6) is 0 Å². The summed E-state index contributed by atoms with van der Waals surface area (Å²) in [6.07, 6.45) is 6.21. The first kappa shape index (κ1) is 22.1. The Hall–Kier alpha value is -1.63. The molecule has 3 atom stereocenters. The number of nitrogens with zero attached hydrogens (tertiary/aromatic N) is 2. The number of piperidine rings is 2. The quantitative estimate of drug-likeness (QED) is 0.766. The van der Waals surface area contributed by atoms with Gasteiger partial charge in [0.05, 0.1) is 12.1 Å². The smallest absolute Gasteiger partial charge is 0.244 e. The van der Waals surface area contributed by atoms with Crippen molar-refractivity contribution >= 4 is 29.9 Å². The van der Waals surface area contributed by atoms with Crippen LogP contribution in [0.4, 0.5) is 5.69 Å². The summed E-state index contributed by atoms with van der Waals surface area (Å²) in [5.74, 6) is 0.801. The van der Waals surface area contributed by atoms with Gasteiger partial charge in [-0.3, -0.25) is 14.5 Å². The van der Waals surface area contributed by atoms with E-state index in [0.29, 0.717) is 5.92 Å². The fourth-order valence-electron chi connectivity index (χ4n) is 4.88. The number of hydrogen-bond donors (Lipinski definition) is 2. The fourth-order valence-corrected chi connectivity index (χ4v) is 4.88. The Kier molecular flexibility index (Phi) is 7.92. The van der Waals surface area contributed by atoms with Crippen LogP contribution in [0, 0.1) is 5.92 Å². The molecular formula is C22H33ClN4O2. The Morgan fingerprint density at radius 1 is 1.07 bits per heavy atom. The third-order valence-electron chi connectivity index (χ3n) is 6.41. The first-order chi connectivity index (χ1) is 13.7. The van der Waals surface area contributed by atoms with Crippen molar-refractivity contribution in [3.05, 3.63) is 30.3 Å². The third-order valence-corrected chi connectivity index (χ3v) is 6.41. The molecule has 3 unspecified atom stereocenters. The summed E-state index contributed by atoms with van der Waals surface area (Å²) in [4.78, 5) is 29.8. The van der Waals surface area contributed by atoms with Crippen LogP contribution in [0.15, 0.2) is 30.3 Å². The van der Waals surface area contributed by atoms with Crippen molar-refractivity contribution in [1.82, 2.24) is 15.5 Å². The Labute approximate surface area is 179 Å². The lowest BCUT2D eigenvalue weighted by Gasteiger charge is -2.42. The van der Waals surface area contributed by atoms with E-state index in [9.17, 15) is 9.59 Å². The van der Waals surface area contributed by atoms with Crippen molar-refractivity contribution in [3.63, 3.8) is 0 Å². The first-order valence-corrected chi connectivity index (χ1v) is 10.8. The summed E-state index contributed by atoms with van der Waals surface area (Å²) >= 11 is 0. The minimum absolute atomic E-state index is 0. The molecule has 0 aromatic heterocycles. The Morgan fingerprint density at radius 3 is 2.62 bits per heavy atom. The minimum atomic E-state index is -0.0241. The van der Waals surface area contributed by atoms with Gasteiger partial charge >= 0.3 is 0 Å². The molecule has 7 heteroatoms. The van der Waals surface area contributed by atoms with Gasteiger partial charge in [0, 0.05) is 25.3 Å². The number of benzene rings is 1. The van der Waals surface area contributed by atoms with Crippen LogP contribution < -0.4 is 15.5 Å². The summed E-state index contributed by atoms with van der Waals surface area (Å²) < 4.78 is 0. The van der Waals surface area contributed by atoms with Gasteiger partial charge in [-0.1, -0.05) is 18.2 Å². The monoisotopic (exact) mass is 420 g/mol. The number of nitrogens with one attached hydrogen (secondary N) is 2. The van der Waals surface area contributed by atoms with Crippen LogP contribution >= 0.6 is 12.4 Å². The van der Waals surface area contributed by atoms with E-state index in [1.807, 2.05) is 35.2 Å². The highest BCUT2D eigenvalue weighted by atomic mass is 35.5. The molecule has 0 radical (unpaired) electrons. The summed E-state index contributed by atoms with van der Waals surface area (Å²) in [6.45, 7) is 4.35. The summed E-state index contributed by atoms with van der Waals surface area (Å²) in [6, 6.07) is 9.97. The molecule has 4 rings (SSSR count). The van der Waals surface area contributed by atoms with Gasteiger partial charge in [0.15, 0.2) is 0 Å². The van der Waals surface area contributed by atoms with Crippen LogP contribution in [0.2, 0.25) is 0 Å². The third kappa shape index (κ3) is 5.30. The van der Waals surface area contributed by atoms with Gasteiger partial charge in [-0.2, -0.15) is 0 Å². The van der Waals surface area contributed by atoms with E-state index < -0.39 is 0 Å². The molecule has 3 heterocycles. The molecule has 0 saturated carbocycles. The van der Waals surface area contributed by atoms with E-state index in [2.05, 4.69) is 15.5 Å². The highest BCUT2D eigenvalue weighted by Crippen LogP contribution is 2.27. The lowest BCUT2D eigenvalue weighted by Crippen LogP contribution is -2.55. The number of anilines is 1. The predicted molar refractivity (Wildman–Crippen MR) is 117 cm³/mol. The average molecular weight is 421 g/mol. The molecule has 0 spiro atoms. The highest BCUT2D eigenvalue weighted by Gasteiger charge is 2.36. The van der Waals surface area contributed by atoms with E-state index in [4.69, 9.17) is 0 Å². The second kappa shape index (κ2) is 10.4. The van der Waals surface area contributed by atoms with Crippen molar-refractivity contribution in [2.45, 2.75) is 50.6 Å². The normalized spacial score (nSPS) is 28.1. The van der Waals surface area contributed by atoms with Crippen molar-refractivity contribution in [2.24, 2.45) is 5.92 Å². The first-order valence-electron chi connectivity index (χ1n) is 10.8. The van der Waals surface area contributed by atoms with Gasteiger partial charge in [0.1, 0.15) is 0 Å². The maximum Gasteiger partial charge on any atom is 0.244 e. The molecule has 2 amide bonds. The second-order valence-corrected chi connectivity index (χ2v) is 8.38. The Balaban J connectivity index is 0.00000240. The van der Waals surface area contributed by atoms with E-state index in [1.165, 1.54) is 0 Å². The van der Waals surface area contributed by atoms with Crippen molar-refractivity contribution in [2.75, 3.05) is 37.6 Å². The molecule has 3 aliphatic rings. The lowest BCUT2D eigenvalue weighted by molar-refractivity contribution is -0.127. The second-order valence-electron chi connectivity index (χ2n) is 8.38. The highest BCUT2D eigenvalue weighted by molar-refractivity contribution is 5.97. The van der Waals surface area contributed by atoms with Crippen LogP contribution in [0.3, 0.4) is 0 Å². The van der Waals surface area contributed by atoms with E-state index >= 15 is 0 Å². The molecule has 3 saturated heterocycles. The Bertz CT molecular complexity index is 681. The molecule has 1 aromatic carbocycles. The largest absolute Gasteiger partial charge is 0.354 e. The molecule has 1 aromatic rings. The number of rotatable bonds is 5. The molecular weight excluding hydrogens is 388 g/mol. The molecule has 0 bridgehead atoms. The molecule has 2 N–H and O–H groups in total. The zero-order valence-electron chi connectivity index (χ0n) is 17.0. The molecule has 3 aliphatic heterocycles. The predicted octanol–water partition coefficient (Wildman–Crippen LogP) is 2.18. The molecule has 0 aliphatic carbocycles. The van der Waals surface area contributed by atoms with Crippen molar-refractivity contribution in [3.8, 4) is 0 Å². The number of halogens is 1. The van der Waals surface area contributed by atoms with Crippen LogP contribution in [0.1, 0.15) is 38.5 Å². The maximum atomic E-state index is 13.2. The molecule has 160 valence electrons. The maximum absolute atomic E-state index is 13.2. The van der Waals surface area contributed by atoms with Gasteiger partial charge < -0.3 is 15.5 Å². The Morgan fingerprint density at radius 2 is 1.86 bits per heavy atom. The van der Waals surface area contributed by atoms with E-state index in [0.717, 1.165) is 76.9 Å². The zero-order chi connectivity index (χ0) is 19.3. The topological polar surface area (TPSA) is 64.7 Å². The van der Waals surface area contributed by atoms with Crippen molar-refractivity contribution in [1.29, 1.82) is 0 Å². The number of para-hydroxylation sites is 1. The summed E-state index contributed by atoms with van der Waals surface area (Å²) in [5.41, 5.74) is 1.00. The van der Waals surface area contributed by atoms with Crippen molar-refractivity contribution < 1.29 is 9.59 Å². The number of likely N-dealkylation sites (tertiary alicyclic amines) is 1. The molecule has 6 nitrogen and oxygen atoms in total. The zero-order valence-corrected chi connectivity index (χ0v) is 17.8. The summed E-state index contributed by atoms with van der Waals surface area (Å²) in [5, 5.41) is 6.40. The van der Waals surface area contributed by atoms with E-state index in [-0.39, 0.29) is 36.3 Å². The van der Waals surface area contributed by atoms with Crippen LogP contribution in [-0.2, 0) is 9.59 Å². The molecule has 3 fully saturated rings. The lowest BCUT2D eigenvalue weighted by atomic mass is 9.93. The standard InChI is InChI=1S/C22H32N4O2.ClH/c27-21(19-10-4-12-23-19)24-15-17-7-5-13-25(16-17)20-11-6-14-26(22(20)28)18-8-2-1-3-9-18;/h1-3,8-9,17,19-20,23H,4-7,10-16H2,(H,24,27);1H. The van der Waals surface area contributed by atoms with Gasteiger partial charge in [-0.05, 0) is 69.7 Å². The van der Waals surface area contributed by atoms with Gasteiger partial charge in [0.2, 0.25) is 11.8 Å². The SMILES string of the molecule is Cl.O=C(NCC1CCCN(C2CCCN(c3ccccc3)C2=O)C1)C1CCCN1. The average Bonchev–Trinajstić information content (AvgIpc) is 3.28. The number of hydrogen-bond acceptors (Lipinski definition) is 4. The fraction of sp³-hybridized carbons (Fsp3) is 0.636. The number of carbonyl (C=O) groups is 2.